The quantitative estimate of drug-likeness (QED) is 0.700. The van der Waals surface area contributed by atoms with E-state index < -0.39 is 10.0 Å². The Balaban J connectivity index is 2.95. The topological polar surface area (TPSA) is 61.4 Å². The van der Waals surface area contributed by atoms with Crippen LogP contribution >= 0.6 is 0 Å². The molecule has 0 unspecified atom stereocenters. The molecular formula is C13H23N3O2S. The molecule has 1 aromatic carbocycles. The van der Waals surface area contributed by atoms with Crippen LogP contribution in [0.4, 0.5) is 5.69 Å². The number of nitrogens with one attached hydrogen (secondary N) is 2. The van der Waals surface area contributed by atoms with Crippen molar-refractivity contribution < 1.29 is 8.42 Å². The zero-order valence-electron chi connectivity index (χ0n) is 11.8. The second-order valence-electron chi connectivity index (χ2n) is 4.35. The molecule has 0 amide bonds. The van der Waals surface area contributed by atoms with Crippen molar-refractivity contribution in [2.75, 3.05) is 38.6 Å². The molecule has 5 nitrogen and oxygen atoms in total. The van der Waals surface area contributed by atoms with Gasteiger partial charge in [0, 0.05) is 20.1 Å². The molecule has 19 heavy (non-hydrogen) atoms. The fraction of sp³-hybridized carbons (Fsp3) is 0.538. The number of para-hydroxylation sites is 1. The minimum atomic E-state index is -3.42. The Morgan fingerprint density at radius 1 is 1.26 bits per heavy atom. The van der Waals surface area contributed by atoms with Gasteiger partial charge >= 0.3 is 0 Å². The Bertz CT molecular complexity index is 488. The van der Waals surface area contributed by atoms with Crippen LogP contribution in [0.2, 0.25) is 0 Å². The van der Waals surface area contributed by atoms with Crippen molar-refractivity contribution in [3.05, 3.63) is 24.3 Å². The van der Waals surface area contributed by atoms with E-state index in [9.17, 15) is 8.42 Å². The van der Waals surface area contributed by atoms with E-state index in [1.54, 1.807) is 19.1 Å². The number of benzene rings is 1. The molecule has 2 N–H and O–H groups in total. The van der Waals surface area contributed by atoms with Crippen LogP contribution < -0.4 is 14.9 Å². The Morgan fingerprint density at radius 2 is 1.95 bits per heavy atom. The van der Waals surface area contributed by atoms with Gasteiger partial charge in [0.05, 0.1) is 5.69 Å². The van der Waals surface area contributed by atoms with Gasteiger partial charge in [-0.05, 0) is 32.1 Å². The van der Waals surface area contributed by atoms with Crippen molar-refractivity contribution in [2.45, 2.75) is 18.2 Å². The number of hydrogen-bond acceptors (Lipinski definition) is 4. The molecule has 0 heterocycles. The van der Waals surface area contributed by atoms with Crippen molar-refractivity contribution in [3.63, 3.8) is 0 Å². The lowest BCUT2D eigenvalue weighted by Gasteiger charge is -2.22. The lowest BCUT2D eigenvalue weighted by Crippen LogP contribution is -2.28. The molecule has 0 saturated heterocycles. The van der Waals surface area contributed by atoms with Crippen LogP contribution in [-0.4, -0.2) is 42.1 Å². The Kier molecular flexibility index (Phi) is 6.27. The summed E-state index contributed by atoms with van der Waals surface area (Å²) in [5.41, 5.74) is 0.736. The smallest absolute Gasteiger partial charge is 0.242 e. The first kappa shape index (κ1) is 15.9. The molecule has 0 fully saturated rings. The maximum absolute atomic E-state index is 12.1. The van der Waals surface area contributed by atoms with Gasteiger partial charge < -0.3 is 10.2 Å². The van der Waals surface area contributed by atoms with Crippen LogP contribution in [0, 0.1) is 0 Å². The number of sulfonamides is 1. The molecule has 108 valence electrons. The first-order valence-electron chi connectivity index (χ1n) is 6.47. The average molecular weight is 285 g/mol. The highest BCUT2D eigenvalue weighted by molar-refractivity contribution is 7.89. The molecule has 1 aromatic rings. The van der Waals surface area contributed by atoms with Gasteiger partial charge in [0.2, 0.25) is 10.0 Å². The summed E-state index contributed by atoms with van der Waals surface area (Å²) in [5, 5.41) is 3.08. The summed E-state index contributed by atoms with van der Waals surface area (Å²) >= 11 is 0. The SMILES string of the molecule is CCNS(=O)(=O)c1ccccc1N(C)CCCNC. The van der Waals surface area contributed by atoms with Gasteiger partial charge in [-0.15, -0.1) is 0 Å². The second kappa shape index (κ2) is 7.47. The van der Waals surface area contributed by atoms with Crippen LogP contribution in [0.3, 0.4) is 0 Å². The van der Waals surface area contributed by atoms with E-state index in [0.29, 0.717) is 11.4 Å². The van der Waals surface area contributed by atoms with Gasteiger partial charge in [-0.1, -0.05) is 19.1 Å². The third-order valence-corrected chi connectivity index (χ3v) is 4.41. The lowest BCUT2D eigenvalue weighted by atomic mass is 10.3. The van der Waals surface area contributed by atoms with Gasteiger partial charge in [-0.2, -0.15) is 0 Å². The summed E-state index contributed by atoms with van der Waals surface area (Å²) in [6, 6.07) is 7.08. The number of hydrogen-bond donors (Lipinski definition) is 2. The van der Waals surface area contributed by atoms with E-state index in [2.05, 4.69) is 10.0 Å². The van der Waals surface area contributed by atoms with Crippen LogP contribution in [0.15, 0.2) is 29.2 Å². The van der Waals surface area contributed by atoms with Crippen LogP contribution in [0.25, 0.3) is 0 Å². The van der Waals surface area contributed by atoms with E-state index in [0.717, 1.165) is 25.2 Å². The third-order valence-electron chi connectivity index (χ3n) is 2.82. The molecule has 0 aliphatic rings. The van der Waals surface area contributed by atoms with Gasteiger partial charge in [0.1, 0.15) is 4.90 Å². The van der Waals surface area contributed by atoms with Crippen molar-refractivity contribution >= 4 is 15.7 Å². The average Bonchev–Trinajstić information content (AvgIpc) is 2.39. The molecule has 0 radical (unpaired) electrons. The number of nitrogens with zero attached hydrogens (tertiary/aromatic N) is 1. The molecule has 0 aliphatic heterocycles. The zero-order valence-corrected chi connectivity index (χ0v) is 12.6. The highest BCUT2D eigenvalue weighted by Gasteiger charge is 2.18. The van der Waals surface area contributed by atoms with Gasteiger partial charge in [-0.25, -0.2) is 13.1 Å². The fourth-order valence-electron chi connectivity index (χ4n) is 1.88. The van der Waals surface area contributed by atoms with E-state index in [4.69, 9.17) is 0 Å². The van der Waals surface area contributed by atoms with Crippen molar-refractivity contribution in [1.82, 2.24) is 10.0 Å². The molecule has 0 atom stereocenters. The summed E-state index contributed by atoms with van der Waals surface area (Å²) in [6.07, 6.45) is 0.961. The van der Waals surface area contributed by atoms with Crippen molar-refractivity contribution in [3.8, 4) is 0 Å². The molecule has 0 aromatic heterocycles. The maximum atomic E-state index is 12.1. The fourth-order valence-corrected chi connectivity index (χ4v) is 3.17. The largest absolute Gasteiger partial charge is 0.373 e. The molecule has 0 spiro atoms. The van der Waals surface area contributed by atoms with E-state index >= 15 is 0 Å². The molecule has 0 aliphatic carbocycles. The van der Waals surface area contributed by atoms with Crippen molar-refractivity contribution in [1.29, 1.82) is 0 Å². The monoisotopic (exact) mass is 285 g/mol. The first-order valence-corrected chi connectivity index (χ1v) is 7.95. The zero-order chi connectivity index (χ0) is 14.3. The van der Waals surface area contributed by atoms with Crippen LogP contribution in [0.1, 0.15) is 13.3 Å². The predicted octanol–water partition coefficient (Wildman–Crippen LogP) is 1.03. The molecule has 0 bridgehead atoms. The van der Waals surface area contributed by atoms with Gasteiger partial charge in [-0.3, -0.25) is 0 Å². The number of rotatable bonds is 8. The molecule has 0 saturated carbocycles. The summed E-state index contributed by atoms with van der Waals surface area (Å²) < 4.78 is 26.8. The molecule has 6 heteroatoms. The summed E-state index contributed by atoms with van der Waals surface area (Å²) in [7, 11) is 0.395. The summed E-state index contributed by atoms with van der Waals surface area (Å²) in [4.78, 5) is 2.31. The van der Waals surface area contributed by atoms with Gasteiger partial charge in [0.25, 0.3) is 0 Å². The highest BCUT2D eigenvalue weighted by Crippen LogP contribution is 2.23. The molecular weight excluding hydrogens is 262 g/mol. The second-order valence-corrected chi connectivity index (χ2v) is 6.08. The van der Waals surface area contributed by atoms with Crippen molar-refractivity contribution in [2.24, 2.45) is 0 Å². The first-order chi connectivity index (χ1) is 9.03. The Morgan fingerprint density at radius 3 is 2.58 bits per heavy atom. The molecule has 1 rings (SSSR count). The standard InChI is InChI=1S/C13H23N3O2S/c1-4-15-19(17,18)13-9-6-5-8-12(13)16(3)11-7-10-14-2/h5-6,8-9,14-15H,4,7,10-11H2,1-3H3. The summed E-state index contributed by atoms with van der Waals surface area (Å²) in [6.45, 7) is 3.88. The Labute approximate surface area is 116 Å². The van der Waals surface area contributed by atoms with Crippen LogP contribution in [-0.2, 0) is 10.0 Å². The minimum Gasteiger partial charge on any atom is -0.373 e. The van der Waals surface area contributed by atoms with Gasteiger partial charge in [0.15, 0.2) is 0 Å². The normalized spacial score (nSPS) is 11.5. The maximum Gasteiger partial charge on any atom is 0.242 e. The summed E-state index contributed by atoms with van der Waals surface area (Å²) in [5.74, 6) is 0. The van der Waals surface area contributed by atoms with E-state index in [1.807, 2.05) is 31.1 Å². The number of anilines is 1. The lowest BCUT2D eigenvalue weighted by molar-refractivity contribution is 0.583. The highest BCUT2D eigenvalue weighted by atomic mass is 32.2. The minimum absolute atomic E-state index is 0.337. The Hall–Kier alpha value is -1.11. The van der Waals surface area contributed by atoms with Crippen LogP contribution in [0.5, 0.6) is 0 Å². The van der Waals surface area contributed by atoms with E-state index in [-0.39, 0.29) is 0 Å². The predicted molar refractivity (Wildman–Crippen MR) is 79.1 cm³/mol. The third kappa shape index (κ3) is 4.49. The van der Waals surface area contributed by atoms with E-state index in [1.165, 1.54) is 0 Å².